The van der Waals surface area contributed by atoms with Crippen molar-refractivity contribution < 1.29 is 22.7 Å². The smallest absolute Gasteiger partial charge is 0.283 e. The maximum Gasteiger partial charge on any atom is 0.283 e. The Bertz CT molecular complexity index is 1650. The molecule has 0 spiro atoms. The molecule has 1 fully saturated rings. The summed E-state index contributed by atoms with van der Waals surface area (Å²) in [6.45, 7) is 5.13. The number of pyridine rings is 1. The molecule has 3 heterocycles. The number of aromatic nitrogens is 3. The Balaban J connectivity index is 1.48. The number of aryl methyl sites for hydroxylation is 1. The van der Waals surface area contributed by atoms with Gasteiger partial charge in [-0.15, -0.1) is 0 Å². The molecule has 1 saturated heterocycles. The van der Waals surface area contributed by atoms with Crippen molar-refractivity contribution >= 4 is 43.5 Å². The lowest BCUT2D eigenvalue weighted by Gasteiger charge is -2.34. The minimum absolute atomic E-state index is 0.0430. The van der Waals surface area contributed by atoms with Crippen LogP contribution in [-0.4, -0.2) is 49.0 Å². The van der Waals surface area contributed by atoms with E-state index in [1.807, 2.05) is 25.1 Å². The average Bonchev–Trinajstić information content (AvgIpc) is 3.34. The van der Waals surface area contributed by atoms with Crippen LogP contribution in [0.2, 0.25) is 0 Å². The fourth-order valence-electron chi connectivity index (χ4n) is 4.62. The molecular weight excluding hydrogens is 526 g/mol. The van der Waals surface area contributed by atoms with Gasteiger partial charge < -0.3 is 15.2 Å². The van der Waals surface area contributed by atoms with E-state index in [0.29, 0.717) is 35.2 Å². The van der Waals surface area contributed by atoms with E-state index in [-0.39, 0.29) is 21.8 Å². The zero-order valence-electron chi connectivity index (χ0n) is 21.1. The van der Waals surface area contributed by atoms with E-state index in [1.165, 1.54) is 13.2 Å². The largest absolute Gasteiger partial charge is 0.495 e. The van der Waals surface area contributed by atoms with Crippen molar-refractivity contribution in [3.63, 3.8) is 0 Å². The lowest BCUT2D eigenvalue weighted by atomic mass is 9.76. The van der Waals surface area contributed by atoms with Crippen LogP contribution in [0.25, 0.3) is 22.3 Å². The van der Waals surface area contributed by atoms with Gasteiger partial charge in [-0.3, -0.25) is 4.79 Å². The monoisotopic (exact) mass is 553 g/mol. The third-order valence-electron chi connectivity index (χ3n) is 6.95. The van der Waals surface area contributed by atoms with Crippen LogP contribution >= 0.6 is 11.5 Å². The van der Waals surface area contributed by atoms with Crippen molar-refractivity contribution in [3.05, 3.63) is 59.3 Å². The summed E-state index contributed by atoms with van der Waals surface area (Å²) < 4.78 is 44.1. The van der Waals surface area contributed by atoms with Crippen LogP contribution in [0.15, 0.2) is 47.4 Å². The van der Waals surface area contributed by atoms with E-state index in [1.54, 1.807) is 18.2 Å². The number of carbonyl (C=O) groups excluding carboxylic acids is 1. The number of benzene rings is 2. The maximum atomic E-state index is 13.4. The van der Waals surface area contributed by atoms with Gasteiger partial charge in [0.05, 0.1) is 12.6 Å². The van der Waals surface area contributed by atoms with Crippen LogP contribution < -0.4 is 15.2 Å². The first kappa shape index (κ1) is 26.0. The van der Waals surface area contributed by atoms with E-state index in [4.69, 9.17) is 15.2 Å². The number of sulfonamides is 1. The van der Waals surface area contributed by atoms with Crippen molar-refractivity contribution in [1.29, 1.82) is 0 Å². The minimum Gasteiger partial charge on any atom is -0.495 e. The number of nitrogens with two attached hydrogens (primary N) is 1. The highest BCUT2D eigenvalue weighted by molar-refractivity contribution is 7.90. The first-order valence-corrected chi connectivity index (χ1v) is 14.2. The van der Waals surface area contributed by atoms with Gasteiger partial charge in [-0.25, -0.2) is 18.1 Å². The summed E-state index contributed by atoms with van der Waals surface area (Å²) in [5.74, 6) is -0.242. The van der Waals surface area contributed by atoms with E-state index in [2.05, 4.69) is 26.0 Å². The predicted octanol–water partition coefficient (Wildman–Crippen LogP) is 3.84. The topological polar surface area (TPSA) is 146 Å². The van der Waals surface area contributed by atoms with Crippen molar-refractivity contribution in [2.75, 3.05) is 26.1 Å². The van der Waals surface area contributed by atoms with Crippen molar-refractivity contribution in [2.24, 2.45) is 0 Å². The molecule has 1 amide bonds. The molecule has 2 aromatic carbocycles. The number of hydrogen-bond acceptors (Lipinski definition) is 10. The van der Waals surface area contributed by atoms with Gasteiger partial charge >= 0.3 is 0 Å². The summed E-state index contributed by atoms with van der Waals surface area (Å²) >= 11 is 1.09. The summed E-state index contributed by atoms with van der Waals surface area (Å²) in [5.41, 5.74) is 8.36. The van der Waals surface area contributed by atoms with Gasteiger partial charge in [0.1, 0.15) is 16.3 Å². The molecule has 0 radical (unpaired) electrons. The van der Waals surface area contributed by atoms with Gasteiger partial charge in [0, 0.05) is 35.7 Å². The summed E-state index contributed by atoms with van der Waals surface area (Å²) in [7, 11) is -2.89. The zero-order valence-corrected chi connectivity index (χ0v) is 22.8. The summed E-state index contributed by atoms with van der Waals surface area (Å²) in [6, 6.07) is 11.9. The minimum atomic E-state index is -4.28. The number of methoxy groups -OCH3 is 1. The standard InChI is InChI=1S/C26H27N5O5S2/c1-15-4-6-18(23-29-25(27)37-30-23)17-7-8-19(28-22(15)17)24(32)31-38(33,34)21-14-16(5-9-20(21)35-3)26(2)10-12-36-13-11-26/h4-9,14H,10-13H2,1-3H3,(H,31,32)(H2,27,29,30). The molecule has 0 unspecified atom stereocenters. The molecule has 12 heteroatoms. The Kier molecular flexibility index (Phi) is 6.80. The van der Waals surface area contributed by atoms with E-state index >= 15 is 0 Å². The number of amides is 1. The third kappa shape index (κ3) is 4.82. The Morgan fingerprint density at radius 1 is 1.13 bits per heavy atom. The van der Waals surface area contributed by atoms with Crippen molar-refractivity contribution in [3.8, 4) is 17.1 Å². The molecular formula is C26H27N5O5S2. The molecule has 4 aromatic rings. The van der Waals surface area contributed by atoms with Crippen LogP contribution in [0.5, 0.6) is 5.75 Å². The first-order valence-electron chi connectivity index (χ1n) is 11.9. The summed E-state index contributed by atoms with van der Waals surface area (Å²) in [5, 5.41) is 1.06. The number of nitrogens with zero attached hydrogens (tertiary/aromatic N) is 3. The van der Waals surface area contributed by atoms with E-state index in [9.17, 15) is 13.2 Å². The lowest BCUT2D eigenvalue weighted by molar-refractivity contribution is 0.0563. The second kappa shape index (κ2) is 9.93. The Labute approximate surface area is 224 Å². The first-order chi connectivity index (χ1) is 18.1. The Morgan fingerprint density at radius 3 is 2.58 bits per heavy atom. The number of ether oxygens (including phenoxy) is 2. The molecule has 1 aliphatic heterocycles. The maximum absolute atomic E-state index is 13.4. The van der Waals surface area contributed by atoms with Crippen molar-refractivity contribution in [1.82, 2.24) is 19.1 Å². The van der Waals surface area contributed by atoms with Crippen LogP contribution in [0.1, 0.15) is 41.4 Å². The quantitative estimate of drug-likeness (QED) is 0.363. The summed E-state index contributed by atoms with van der Waals surface area (Å²) in [4.78, 5) is 21.8. The molecule has 5 rings (SSSR count). The molecule has 0 atom stereocenters. The second-order valence-electron chi connectivity index (χ2n) is 9.45. The molecule has 0 aliphatic carbocycles. The number of hydrogen-bond donors (Lipinski definition) is 2. The number of nitrogen functional groups attached to an aromatic ring is 1. The van der Waals surface area contributed by atoms with Crippen LogP contribution in [-0.2, 0) is 20.2 Å². The van der Waals surface area contributed by atoms with Gasteiger partial charge in [-0.1, -0.05) is 25.1 Å². The molecule has 198 valence electrons. The number of carbonyl (C=O) groups is 1. The molecule has 2 aromatic heterocycles. The van der Waals surface area contributed by atoms with Gasteiger partial charge in [-0.2, -0.15) is 9.36 Å². The predicted molar refractivity (Wildman–Crippen MR) is 145 cm³/mol. The van der Waals surface area contributed by atoms with E-state index in [0.717, 1.165) is 40.9 Å². The Hall–Kier alpha value is -3.61. The fourth-order valence-corrected chi connectivity index (χ4v) is 6.23. The SMILES string of the molecule is COc1ccc(C2(C)CCOCC2)cc1S(=O)(=O)NC(=O)c1ccc2c(-c3nsc(N)n3)ccc(C)c2n1. The molecule has 10 nitrogen and oxygen atoms in total. The molecule has 0 saturated carbocycles. The van der Waals surface area contributed by atoms with Gasteiger partial charge in [-0.05, 0) is 60.6 Å². The number of anilines is 1. The van der Waals surface area contributed by atoms with Gasteiger partial charge in [0.15, 0.2) is 11.0 Å². The highest BCUT2D eigenvalue weighted by atomic mass is 32.2. The lowest BCUT2D eigenvalue weighted by Crippen LogP contribution is -2.33. The molecule has 1 aliphatic rings. The molecule has 3 N–H and O–H groups in total. The number of rotatable bonds is 6. The highest BCUT2D eigenvalue weighted by Crippen LogP contribution is 2.37. The van der Waals surface area contributed by atoms with Crippen LogP contribution in [0, 0.1) is 6.92 Å². The molecule has 0 bridgehead atoms. The normalized spacial score (nSPS) is 15.3. The molecule has 38 heavy (non-hydrogen) atoms. The van der Waals surface area contributed by atoms with Crippen LogP contribution in [0.3, 0.4) is 0 Å². The van der Waals surface area contributed by atoms with E-state index < -0.39 is 15.9 Å². The fraction of sp³-hybridized carbons (Fsp3) is 0.308. The van der Waals surface area contributed by atoms with Gasteiger partial charge in [0.25, 0.3) is 15.9 Å². The van der Waals surface area contributed by atoms with Gasteiger partial charge in [0.2, 0.25) is 0 Å². The summed E-state index contributed by atoms with van der Waals surface area (Å²) in [6.07, 6.45) is 1.52. The van der Waals surface area contributed by atoms with Crippen molar-refractivity contribution in [2.45, 2.75) is 37.0 Å². The average molecular weight is 554 g/mol. The zero-order chi connectivity index (χ0) is 27.1. The Morgan fingerprint density at radius 2 is 1.89 bits per heavy atom. The third-order valence-corrected chi connectivity index (χ3v) is 8.84. The number of fused-ring (bicyclic) bond motifs is 1. The van der Waals surface area contributed by atoms with Crippen LogP contribution in [0.4, 0.5) is 5.13 Å². The second-order valence-corrected chi connectivity index (χ2v) is 11.9. The number of nitrogens with one attached hydrogen (secondary N) is 1. The highest BCUT2D eigenvalue weighted by Gasteiger charge is 2.32.